The molecular weight excluding hydrogens is 292 g/mol. The predicted octanol–water partition coefficient (Wildman–Crippen LogP) is 1.09. The number of rotatable bonds is 4. The molecule has 1 fully saturated rings. The maximum absolute atomic E-state index is 12.5. The Hall–Kier alpha value is -2.31. The molecule has 7 nitrogen and oxygen atoms in total. The van der Waals surface area contributed by atoms with E-state index in [1.807, 2.05) is 24.2 Å². The number of carbonyl (C=O) groups excluding carboxylic acids is 1. The summed E-state index contributed by atoms with van der Waals surface area (Å²) in [5, 5.41) is 8.02. The van der Waals surface area contributed by atoms with Crippen LogP contribution in [0.4, 0.5) is 0 Å². The minimum absolute atomic E-state index is 0.0880. The lowest BCUT2D eigenvalue weighted by Gasteiger charge is -2.28. The maximum atomic E-state index is 12.5. The summed E-state index contributed by atoms with van der Waals surface area (Å²) in [6.07, 6.45) is 7.27. The SMILES string of the molecule is CCn1cc(CC(=O)N2CCc3nc(C4CC4)ncc3C2)nn1. The highest BCUT2D eigenvalue weighted by Crippen LogP contribution is 2.38. The second-order valence-electron chi connectivity index (χ2n) is 6.28. The van der Waals surface area contributed by atoms with Crippen molar-refractivity contribution < 1.29 is 4.79 Å². The quantitative estimate of drug-likeness (QED) is 0.844. The van der Waals surface area contributed by atoms with Gasteiger partial charge in [-0.15, -0.1) is 5.10 Å². The predicted molar refractivity (Wildman–Crippen MR) is 82.5 cm³/mol. The van der Waals surface area contributed by atoms with Crippen molar-refractivity contribution in [3.63, 3.8) is 0 Å². The summed E-state index contributed by atoms with van der Waals surface area (Å²) in [5.41, 5.74) is 2.91. The average Bonchev–Trinajstić information content (AvgIpc) is 3.34. The molecule has 1 amide bonds. The largest absolute Gasteiger partial charge is 0.338 e. The third-order valence-electron chi connectivity index (χ3n) is 4.49. The molecule has 1 aliphatic heterocycles. The first-order chi connectivity index (χ1) is 11.2. The summed E-state index contributed by atoms with van der Waals surface area (Å²) < 4.78 is 1.74. The van der Waals surface area contributed by atoms with Crippen molar-refractivity contribution >= 4 is 5.91 Å². The standard InChI is InChI=1S/C16H20N6O/c1-2-22-10-13(19-20-22)7-15(23)21-6-5-14-12(9-21)8-17-16(18-14)11-3-4-11/h8,10-11H,2-7,9H2,1H3. The van der Waals surface area contributed by atoms with Gasteiger partial charge in [0.2, 0.25) is 5.91 Å². The van der Waals surface area contributed by atoms with Gasteiger partial charge in [0, 0.05) is 49.9 Å². The van der Waals surface area contributed by atoms with E-state index in [0.29, 0.717) is 18.9 Å². The first-order valence-corrected chi connectivity index (χ1v) is 8.24. The van der Waals surface area contributed by atoms with Gasteiger partial charge in [0.25, 0.3) is 0 Å². The first kappa shape index (κ1) is 14.3. The Morgan fingerprint density at radius 2 is 2.26 bits per heavy atom. The van der Waals surface area contributed by atoms with Gasteiger partial charge in [0.1, 0.15) is 5.82 Å². The van der Waals surface area contributed by atoms with E-state index in [0.717, 1.165) is 42.3 Å². The summed E-state index contributed by atoms with van der Waals surface area (Å²) in [6, 6.07) is 0. The number of carbonyl (C=O) groups is 1. The van der Waals surface area contributed by atoms with Crippen LogP contribution in [0.3, 0.4) is 0 Å². The molecule has 1 aliphatic carbocycles. The summed E-state index contributed by atoms with van der Waals surface area (Å²) in [5.74, 6) is 1.64. The minimum Gasteiger partial charge on any atom is -0.338 e. The molecular formula is C16H20N6O. The molecule has 2 aliphatic rings. The van der Waals surface area contributed by atoms with Crippen LogP contribution in [0.2, 0.25) is 0 Å². The third kappa shape index (κ3) is 2.95. The average molecular weight is 312 g/mol. The molecule has 2 aromatic rings. The zero-order valence-electron chi connectivity index (χ0n) is 13.3. The molecule has 0 saturated heterocycles. The smallest absolute Gasteiger partial charge is 0.229 e. The molecule has 120 valence electrons. The molecule has 0 spiro atoms. The van der Waals surface area contributed by atoms with Crippen molar-refractivity contribution in [3.05, 3.63) is 35.2 Å². The second-order valence-corrected chi connectivity index (χ2v) is 6.28. The van der Waals surface area contributed by atoms with Crippen LogP contribution in [0.1, 0.15) is 48.5 Å². The second kappa shape index (κ2) is 5.72. The lowest BCUT2D eigenvalue weighted by Crippen LogP contribution is -2.37. The number of hydrogen-bond acceptors (Lipinski definition) is 5. The van der Waals surface area contributed by atoms with E-state index in [-0.39, 0.29) is 5.91 Å². The number of amides is 1. The fraction of sp³-hybridized carbons (Fsp3) is 0.562. The third-order valence-corrected chi connectivity index (χ3v) is 4.49. The molecule has 7 heteroatoms. The van der Waals surface area contributed by atoms with Gasteiger partial charge in [-0.3, -0.25) is 9.48 Å². The molecule has 4 rings (SSSR count). The Morgan fingerprint density at radius 1 is 1.39 bits per heavy atom. The van der Waals surface area contributed by atoms with Gasteiger partial charge >= 0.3 is 0 Å². The molecule has 0 atom stereocenters. The Bertz CT molecular complexity index is 736. The van der Waals surface area contributed by atoms with Gasteiger partial charge in [-0.25, -0.2) is 9.97 Å². The van der Waals surface area contributed by atoms with Crippen LogP contribution < -0.4 is 0 Å². The maximum Gasteiger partial charge on any atom is 0.229 e. The topological polar surface area (TPSA) is 76.8 Å². The van der Waals surface area contributed by atoms with Gasteiger partial charge < -0.3 is 4.90 Å². The van der Waals surface area contributed by atoms with Gasteiger partial charge in [-0.2, -0.15) is 0 Å². The zero-order valence-corrected chi connectivity index (χ0v) is 13.3. The Balaban J connectivity index is 1.43. The van der Waals surface area contributed by atoms with Crippen LogP contribution in [0, 0.1) is 0 Å². The Labute approximate surface area is 134 Å². The highest BCUT2D eigenvalue weighted by molar-refractivity contribution is 5.78. The number of nitrogens with zero attached hydrogens (tertiary/aromatic N) is 6. The summed E-state index contributed by atoms with van der Waals surface area (Å²) in [6.45, 7) is 4.08. The number of fused-ring (bicyclic) bond motifs is 1. The van der Waals surface area contributed by atoms with Crippen molar-refractivity contribution in [3.8, 4) is 0 Å². The van der Waals surface area contributed by atoms with Crippen LogP contribution in [0.15, 0.2) is 12.4 Å². The van der Waals surface area contributed by atoms with Crippen LogP contribution in [-0.2, 0) is 30.7 Å². The van der Waals surface area contributed by atoms with Gasteiger partial charge in [0.05, 0.1) is 17.8 Å². The van der Waals surface area contributed by atoms with Crippen LogP contribution >= 0.6 is 0 Å². The van der Waals surface area contributed by atoms with E-state index < -0.39 is 0 Å². The lowest BCUT2D eigenvalue weighted by molar-refractivity contribution is -0.131. The molecule has 0 radical (unpaired) electrons. The van der Waals surface area contributed by atoms with Crippen molar-refractivity contribution in [2.45, 2.75) is 51.6 Å². The minimum atomic E-state index is 0.0880. The summed E-state index contributed by atoms with van der Waals surface area (Å²) in [4.78, 5) is 23.5. The lowest BCUT2D eigenvalue weighted by atomic mass is 10.1. The van der Waals surface area contributed by atoms with Gasteiger partial charge in [-0.1, -0.05) is 5.21 Å². The highest BCUT2D eigenvalue weighted by Gasteiger charge is 2.29. The van der Waals surface area contributed by atoms with E-state index in [2.05, 4.69) is 15.3 Å². The fourth-order valence-electron chi connectivity index (χ4n) is 2.92. The molecule has 0 N–H and O–H groups in total. The van der Waals surface area contributed by atoms with Crippen molar-refractivity contribution in [2.24, 2.45) is 0 Å². The van der Waals surface area contributed by atoms with E-state index in [1.165, 1.54) is 12.8 Å². The molecule has 0 unspecified atom stereocenters. The van der Waals surface area contributed by atoms with Gasteiger partial charge in [-0.05, 0) is 19.8 Å². The summed E-state index contributed by atoms with van der Waals surface area (Å²) in [7, 11) is 0. The monoisotopic (exact) mass is 312 g/mol. The van der Waals surface area contributed by atoms with E-state index in [4.69, 9.17) is 4.98 Å². The van der Waals surface area contributed by atoms with Crippen molar-refractivity contribution in [2.75, 3.05) is 6.54 Å². The molecule has 2 aromatic heterocycles. The zero-order chi connectivity index (χ0) is 15.8. The molecule has 3 heterocycles. The number of aromatic nitrogens is 5. The van der Waals surface area contributed by atoms with E-state index in [1.54, 1.807) is 4.68 Å². The Morgan fingerprint density at radius 3 is 3.00 bits per heavy atom. The van der Waals surface area contributed by atoms with Crippen LogP contribution in [0.25, 0.3) is 0 Å². The molecule has 23 heavy (non-hydrogen) atoms. The molecule has 1 saturated carbocycles. The first-order valence-electron chi connectivity index (χ1n) is 8.24. The van der Waals surface area contributed by atoms with Crippen molar-refractivity contribution in [1.29, 1.82) is 0 Å². The Kier molecular flexibility index (Phi) is 3.55. The van der Waals surface area contributed by atoms with Crippen LogP contribution in [0.5, 0.6) is 0 Å². The summed E-state index contributed by atoms with van der Waals surface area (Å²) >= 11 is 0. The number of aryl methyl sites for hydroxylation is 1. The number of hydrogen-bond donors (Lipinski definition) is 0. The van der Waals surface area contributed by atoms with E-state index >= 15 is 0 Å². The van der Waals surface area contributed by atoms with Crippen molar-refractivity contribution in [1.82, 2.24) is 29.9 Å². The molecule has 0 aromatic carbocycles. The van der Waals surface area contributed by atoms with E-state index in [9.17, 15) is 4.79 Å². The van der Waals surface area contributed by atoms with Gasteiger partial charge in [0.15, 0.2) is 0 Å². The van der Waals surface area contributed by atoms with Crippen LogP contribution in [-0.4, -0.2) is 42.3 Å². The fourth-order valence-corrected chi connectivity index (χ4v) is 2.92. The highest BCUT2D eigenvalue weighted by atomic mass is 16.2. The molecule has 0 bridgehead atoms. The normalized spacial score (nSPS) is 17.2.